The van der Waals surface area contributed by atoms with Gasteiger partial charge in [-0.05, 0) is 72.8 Å². The molecule has 2 saturated carbocycles. The topological polar surface area (TPSA) is 26.0 Å². The normalized spacial score (nSPS) is 36.5. The van der Waals surface area contributed by atoms with Crippen LogP contribution in [0.25, 0.3) is 0 Å². The molecular formula is C20H31N. The highest BCUT2D eigenvalue weighted by atomic mass is 14.6. The maximum absolute atomic E-state index is 6.10. The third kappa shape index (κ3) is 3.18. The number of benzene rings is 1. The molecule has 1 aromatic carbocycles. The summed E-state index contributed by atoms with van der Waals surface area (Å²) in [6.07, 6.45) is 5.52. The molecule has 21 heavy (non-hydrogen) atoms. The van der Waals surface area contributed by atoms with Crippen molar-refractivity contribution in [3.05, 3.63) is 35.9 Å². The van der Waals surface area contributed by atoms with Crippen molar-refractivity contribution in [2.24, 2.45) is 34.8 Å². The quantitative estimate of drug-likeness (QED) is 0.846. The van der Waals surface area contributed by atoms with Gasteiger partial charge in [0, 0.05) is 0 Å². The summed E-state index contributed by atoms with van der Waals surface area (Å²) in [6.45, 7) is 8.14. The van der Waals surface area contributed by atoms with E-state index in [1.165, 1.54) is 25.7 Å². The van der Waals surface area contributed by atoms with Crippen LogP contribution in [0.4, 0.5) is 0 Å². The highest BCUT2D eigenvalue weighted by Gasteiger charge is 2.48. The Bertz CT molecular complexity index is 458. The molecule has 0 aromatic heterocycles. The van der Waals surface area contributed by atoms with Gasteiger partial charge in [0.1, 0.15) is 0 Å². The smallest absolute Gasteiger partial charge is 0.00461 e. The number of nitrogens with two attached hydrogens (primary N) is 1. The van der Waals surface area contributed by atoms with E-state index >= 15 is 0 Å². The molecule has 0 aliphatic heterocycles. The van der Waals surface area contributed by atoms with E-state index in [1.807, 2.05) is 0 Å². The van der Waals surface area contributed by atoms with Gasteiger partial charge in [0.2, 0.25) is 0 Å². The van der Waals surface area contributed by atoms with Crippen molar-refractivity contribution in [1.82, 2.24) is 0 Å². The molecule has 2 fully saturated rings. The maximum Gasteiger partial charge on any atom is -0.00461 e. The summed E-state index contributed by atoms with van der Waals surface area (Å²) in [6, 6.07) is 11.1. The van der Waals surface area contributed by atoms with Crippen LogP contribution < -0.4 is 5.73 Å². The van der Waals surface area contributed by atoms with Crippen LogP contribution in [0.15, 0.2) is 30.3 Å². The lowest BCUT2D eigenvalue weighted by atomic mass is 9.64. The Morgan fingerprint density at radius 1 is 1.00 bits per heavy atom. The fourth-order valence-electron chi connectivity index (χ4n) is 4.64. The first-order chi connectivity index (χ1) is 10.0. The van der Waals surface area contributed by atoms with Crippen LogP contribution in [-0.2, 0) is 0 Å². The fraction of sp³-hybridized carbons (Fsp3) is 0.700. The zero-order chi connectivity index (χ0) is 15.0. The summed E-state index contributed by atoms with van der Waals surface area (Å²) >= 11 is 0. The lowest BCUT2D eigenvalue weighted by molar-refractivity contribution is 0.0886. The van der Waals surface area contributed by atoms with E-state index in [4.69, 9.17) is 5.73 Å². The third-order valence-electron chi connectivity index (χ3n) is 6.19. The monoisotopic (exact) mass is 285 g/mol. The van der Waals surface area contributed by atoms with Gasteiger partial charge >= 0.3 is 0 Å². The summed E-state index contributed by atoms with van der Waals surface area (Å²) in [4.78, 5) is 0. The van der Waals surface area contributed by atoms with E-state index in [-0.39, 0.29) is 0 Å². The molecule has 3 rings (SSSR count). The van der Waals surface area contributed by atoms with Gasteiger partial charge in [-0.1, -0.05) is 51.1 Å². The SMILES string of the molecule is CC(C)(C)C1CCC(CN)C(C2CC2c2ccccc2)C1. The van der Waals surface area contributed by atoms with E-state index < -0.39 is 0 Å². The van der Waals surface area contributed by atoms with Crippen molar-refractivity contribution in [2.75, 3.05) is 6.54 Å². The standard InChI is InChI=1S/C20H31N/c1-20(2,3)16-10-9-15(13-21)17(11-16)19-12-18(19)14-7-5-4-6-8-14/h4-8,15-19H,9-13,21H2,1-3H3. The van der Waals surface area contributed by atoms with Crippen LogP contribution in [0.1, 0.15) is 57.9 Å². The minimum Gasteiger partial charge on any atom is -0.330 e. The van der Waals surface area contributed by atoms with Crippen LogP contribution in [0, 0.1) is 29.1 Å². The molecule has 0 saturated heterocycles. The van der Waals surface area contributed by atoms with Crippen molar-refractivity contribution < 1.29 is 0 Å². The highest BCUT2D eigenvalue weighted by Crippen LogP contribution is 2.58. The second-order valence-corrected chi connectivity index (χ2v) is 8.45. The molecule has 0 radical (unpaired) electrons. The summed E-state index contributed by atoms with van der Waals surface area (Å²) in [5.74, 6) is 4.21. The zero-order valence-corrected chi connectivity index (χ0v) is 13.9. The molecule has 2 N–H and O–H groups in total. The Labute approximate surface area is 130 Å². The predicted molar refractivity (Wildman–Crippen MR) is 90.1 cm³/mol. The van der Waals surface area contributed by atoms with E-state index in [9.17, 15) is 0 Å². The molecule has 2 aliphatic carbocycles. The molecule has 2 aliphatic rings. The second-order valence-electron chi connectivity index (χ2n) is 8.45. The first kappa shape index (κ1) is 15.1. The van der Waals surface area contributed by atoms with E-state index in [0.717, 1.165) is 36.1 Å². The van der Waals surface area contributed by atoms with E-state index in [2.05, 4.69) is 51.1 Å². The number of hydrogen-bond acceptors (Lipinski definition) is 1. The summed E-state index contributed by atoms with van der Waals surface area (Å²) in [7, 11) is 0. The lowest BCUT2D eigenvalue weighted by Crippen LogP contribution is -2.36. The molecule has 1 aromatic rings. The van der Waals surface area contributed by atoms with Crippen molar-refractivity contribution in [2.45, 2.75) is 52.4 Å². The molecule has 0 spiro atoms. The highest BCUT2D eigenvalue weighted by molar-refractivity contribution is 5.26. The Morgan fingerprint density at radius 2 is 1.71 bits per heavy atom. The van der Waals surface area contributed by atoms with Crippen molar-refractivity contribution in [3.8, 4) is 0 Å². The van der Waals surface area contributed by atoms with Crippen LogP contribution in [0.3, 0.4) is 0 Å². The molecule has 0 amide bonds. The Hall–Kier alpha value is -0.820. The summed E-state index contributed by atoms with van der Waals surface area (Å²) in [5, 5.41) is 0. The van der Waals surface area contributed by atoms with Crippen molar-refractivity contribution in [1.29, 1.82) is 0 Å². The van der Waals surface area contributed by atoms with Gasteiger partial charge in [-0.2, -0.15) is 0 Å². The molecular weight excluding hydrogens is 254 g/mol. The van der Waals surface area contributed by atoms with Crippen molar-refractivity contribution >= 4 is 0 Å². The van der Waals surface area contributed by atoms with Gasteiger partial charge in [-0.25, -0.2) is 0 Å². The van der Waals surface area contributed by atoms with Gasteiger partial charge in [0.15, 0.2) is 0 Å². The molecule has 116 valence electrons. The predicted octanol–water partition coefficient (Wildman–Crippen LogP) is 4.83. The lowest BCUT2D eigenvalue weighted by Gasteiger charge is -2.42. The van der Waals surface area contributed by atoms with Gasteiger partial charge in [0.05, 0.1) is 0 Å². The Balaban J connectivity index is 1.71. The minimum atomic E-state index is 0.453. The molecule has 5 unspecified atom stereocenters. The van der Waals surface area contributed by atoms with E-state index in [1.54, 1.807) is 5.56 Å². The Kier molecular flexibility index (Phi) is 4.14. The van der Waals surface area contributed by atoms with Crippen LogP contribution in [-0.4, -0.2) is 6.54 Å². The average molecular weight is 285 g/mol. The van der Waals surface area contributed by atoms with Gasteiger partial charge in [0.25, 0.3) is 0 Å². The van der Waals surface area contributed by atoms with E-state index in [0.29, 0.717) is 5.41 Å². The molecule has 1 heteroatoms. The Morgan fingerprint density at radius 3 is 2.33 bits per heavy atom. The number of hydrogen-bond donors (Lipinski definition) is 1. The first-order valence-corrected chi connectivity index (χ1v) is 8.75. The molecule has 0 bridgehead atoms. The largest absolute Gasteiger partial charge is 0.330 e. The maximum atomic E-state index is 6.10. The van der Waals surface area contributed by atoms with Crippen LogP contribution in [0.5, 0.6) is 0 Å². The molecule has 0 heterocycles. The van der Waals surface area contributed by atoms with Gasteiger partial charge < -0.3 is 5.73 Å². The molecule has 5 atom stereocenters. The van der Waals surface area contributed by atoms with Crippen LogP contribution in [0.2, 0.25) is 0 Å². The zero-order valence-electron chi connectivity index (χ0n) is 13.9. The third-order valence-corrected chi connectivity index (χ3v) is 6.19. The number of rotatable bonds is 3. The van der Waals surface area contributed by atoms with Crippen molar-refractivity contribution in [3.63, 3.8) is 0 Å². The van der Waals surface area contributed by atoms with Gasteiger partial charge in [-0.3, -0.25) is 0 Å². The fourth-order valence-corrected chi connectivity index (χ4v) is 4.64. The summed E-state index contributed by atoms with van der Waals surface area (Å²) < 4.78 is 0. The van der Waals surface area contributed by atoms with Gasteiger partial charge in [-0.15, -0.1) is 0 Å². The summed E-state index contributed by atoms with van der Waals surface area (Å²) in [5.41, 5.74) is 8.10. The average Bonchev–Trinajstić information content (AvgIpc) is 3.27. The minimum absolute atomic E-state index is 0.453. The molecule has 1 nitrogen and oxygen atoms in total. The van der Waals surface area contributed by atoms with Crippen LogP contribution >= 0.6 is 0 Å². The second kappa shape index (κ2) is 5.76. The first-order valence-electron chi connectivity index (χ1n) is 8.75.